The van der Waals surface area contributed by atoms with Gasteiger partial charge in [-0.2, -0.15) is 0 Å². The smallest absolute Gasteiger partial charge is 0.356 e. The molecule has 0 amide bonds. The molecule has 94 valence electrons. The van der Waals surface area contributed by atoms with Gasteiger partial charge in [-0.25, -0.2) is 4.79 Å². The first-order chi connectivity index (χ1) is 7.89. The van der Waals surface area contributed by atoms with Gasteiger partial charge in [0.15, 0.2) is 11.4 Å². The lowest BCUT2D eigenvalue weighted by Gasteiger charge is -2.31. The lowest BCUT2D eigenvalue weighted by molar-refractivity contribution is -0.175. The van der Waals surface area contributed by atoms with Crippen LogP contribution in [0, 0.1) is 0 Å². The van der Waals surface area contributed by atoms with Gasteiger partial charge in [0, 0.05) is 0 Å². The zero-order chi connectivity index (χ0) is 12.8. The van der Waals surface area contributed by atoms with E-state index in [4.69, 9.17) is 9.47 Å². The molecular weight excluding hydrogens is 228 g/mol. The standard InChI is InChI=1S/C11H14O6/c1-6(12)8-7(2)17-11(9(13)15-3)5-16-4-10(8,11)14/h14H,4-5H2,1-3H3/t10-,11-/m0/s1. The summed E-state index contributed by atoms with van der Waals surface area (Å²) < 4.78 is 15.2. The van der Waals surface area contributed by atoms with Crippen LogP contribution in [-0.4, -0.2) is 48.4 Å². The van der Waals surface area contributed by atoms with E-state index >= 15 is 0 Å². The third-order valence-corrected chi connectivity index (χ3v) is 3.24. The molecule has 2 aliphatic rings. The molecule has 0 saturated carbocycles. The van der Waals surface area contributed by atoms with Gasteiger partial charge >= 0.3 is 5.97 Å². The summed E-state index contributed by atoms with van der Waals surface area (Å²) in [6.45, 7) is 2.56. The Hall–Kier alpha value is -1.40. The summed E-state index contributed by atoms with van der Waals surface area (Å²) in [7, 11) is 1.19. The van der Waals surface area contributed by atoms with Gasteiger partial charge in [0.05, 0.1) is 19.3 Å². The number of ketones is 1. The molecule has 0 aliphatic carbocycles. The van der Waals surface area contributed by atoms with E-state index in [1.165, 1.54) is 21.0 Å². The van der Waals surface area contributed by atoms with E-state index in [1.807, 2.05) is 0 Å². The van der Waals surface area contributed by atoms with Crippen LogP contribution in [0.4, 0.5) is 0 Å². The Morgan fingerprint density at radius 3 is 2.59 bits per heavy atom. The molecule has 0 aromatic rings. The van der Waals surface area contributed by atoms with Crippen molar-refractivity contribution >= 4 is 11.8 Å². The number of carbonyl (C=O) groups excluding carboxylic acids is 2. The van der Waals surface area contributed by atoms with Crippen molar-refractivity contribution in [2.75, 3.05) is 20.3 Å². The molecule has 0 aromatic heterocycles. The fourth-order valence-electron chi connectivity index (χ4n) is 2.54. The van der Waals surface area contributed by atoms with Crippen molar-refractivity contribution in [3.05, 3.63) is 11.3 Å². The molecule has 6 nitrogen and oxygen atoms in total. The van der Waals surface area contributed by atoms with Crippen molar-refractivity contribution in [3.63, 3.8) is 0 Å². The van der Waals surface area contributed by atoms with Gasteiger partial charge in [0.2, 0.25) is 0 Å². The molecule has 0 unspecified atom stereocenters. The molecule has 0 aromatic carbocycles. The second kappa shape index (κ2) is 3.54. The Balaban J connectivity index is 2.54. The highest BCUT2D eigenvalue weighted by atomic mass is 16.6. The van der Waals surface area contributed by atoms with Gasteiger partial charge in [0.25, 0.3) is 5.60 Å². The average molecular weight is 242 g/mol. The minimum Gasteiger partial charge on any atom is -0.474 e. The van der Waals surface area contributed by atoms with Crippen LogP contribution in [0.2, 0.25) is 0 Å². The number of carbonyl (C=O) groups is 2. The van der Waals surface area contributed by atoms with E-state index in [9.17, 15) is 14.7 Å². The van der Waals surface area contributed by atoms with Crippen molar-refractivity contribution in [1.29, 1.82) is 0 Å². The Morgan fingerprint density at radius 1 is 1.41 bits per heavy atom. The summed E-state index contributed by atoms with van der Waals surface area (Å²) in [6, 6.07) is 0. The predicted octanol–water partition coefficient (Wildman–Crippen LogP) is -0.447. The SMILES string of the molecule is COC(=O)[C@@]12COC[C@]1(O)C(C(C)=O)=C(C)O2. The van der Waals surface area contributed by atoms with Gasteiger partial charge in [-0.3, -0.25) is 4.79 Å². The first-order valence-electron chi connectivity index (χ1n) is 5.19. The molecule has 1 fully saturated rings. The topological polar surface area (TPSA) is 82.1 Å². The van der Waals surface area contributed by atoms with E-state index < -0.39 is 17.2 Å². The fraction of sp³-hybridized carbons (Fsp3) is 0.636. The first-order valence-corrected chi connectivity index (χ1v) is 5.19. The number of aliphatic hydroxyl groups is 1. The number of hydrogen-bond acceptors (Lipinski definition) is 6. The molecule has 17 heavy (non-hydrogen) atoms. The number of methoxy groups -OCH3 is 1. The fourth-order valence-corrected chi connectivity index (χ4v) is 2.54. The van der Waals surface area contributed by atoms with E-state index in [0.29, 0.717) is 0 Å². The zero-order valence-corrected chi connectivity index (χ0v) is 9.90. The van der Waals surface area contributed by atoms with E-state index in [1.54, 1.807) is 0 Å². The van der Waals surface area contributed by atoms with Gasteiger partial charge in [-0.15, -0.1) is 0 Å². The quantitative estimate of drug-likeness (QED) is 0.661. The molecule has 0 radical (unpaired) electrons. The second-order valence-corrected chi connectivity index (χ2v) is 4.26. The van der Waals surface area contributed by atoms with Crippen LogP contribution in [-0.2, 0) is 23.8 Å². The molecule has 2 aliphatic heterocycles. The molecule has 0 spiro atoms. The summed E-state index contributed by atoms with van der Waals surface area (Å²) in [5.74, 6) is -0.844. The molecular formula is C11H14O6. The average Bonchev–Trinajstić information content (AvgIpc) is 2.65. The van der Waals surface area contributed by atoms with Crippen molar-refractivity contribution in [3.8, 4) is 0 Å². The molecule has 1 N–H and O–H groups in total. The number of esters is 1. The molecule has 1 saturated heterocycles. The lowest BCUT2D eigenvalue weighted by Crippen LogP contribution is -2.58. The second-order valence-electron chi connectivity index (χ2n) is 4.26. The summed E-state index contributed by atoms with van der Waals surface area (Å²) >= 11 is 0. The Kier molecular flexibility index (Phi) is 2.52. The third kappa shape index (κ3) is 1.28. The van der Waals surface area contributed by atoms with E-state index in [0.717, 1.165) is 0 Å². The van der Waals surface area contributed by atoms with Gasteiger partial charge in [-0.05, 0) is 13.8 Å². The number of rotatable bonds is 2. The number of Topliss-reactive ketones (excluding diaryl/α,β-unsaturated/α-hetero) is 1. The van der Waals surface area contributed by atoms with Crippen LogP contribution < -0.4 is 0 Å². The molecule has 2 heterocycles. The van der Waals surface area contributed by atoms with Gasteiger partial charge < -0.3 is 19.3 Å². The highest BCUT2D eigenvalue weighted by molar-refractivity contribution is 6.00. The molecule has 6 heteroatoms. The lowest BCUT2D eigenvalue weighted by atomic mass is 9.80. The van der Waals surface area contributed by atoms with Crippen molar-refractivity contribution in [2.24, 2.45) is 0 Å². The summed E-state index contributed by atoms with van der Waals surface area (Å²) in [4.78, 5) is 23.4. The van der Waals surface area contributed by atoms with Crippen LogP contribution in [0.3, 0.4) is 0 Å². The minimum atomic E-state index is -1.75. The highest BCUT2D eigenvalue weighted by Crippen LogP contribution is 2.47. The van der Waals surface area contributed by atoms with E-state index in [2.05, 4.69) is 4.74 Å². The zero-order valence-electron chi connectivity index (χ0n) is 9.90. The minimum absolute atomic E-state index is 0.0837. The number of hydrogen-bond donors (Lipinski definition) is 1. The van der Waals surface area contributed by atoms with Gasteiger partial charge in [-0.1, -0.05) is 0 Å². The predicted molar refractivity (Wildman–Crippen MR) is 55.0 cm³/mol. The third-order valence-electron chi connectivity index (χ3n) is 3.24. The largest absolute Gasteiger partial charge is 0.474 e. The molecule has 2 atom stereocenters. The summed E-state index contributed by atoms with van der Waals surface area (Å²) in [6.07, 6.45) is 0. The van der Waals surface area contributed by atoms with E-state index in [-0.39, 0.29) is 30.3 Å². The Bertz CT molecular complexity index is 426. The highest BCUT2D eigenvalue weighted by Gasteiger charge is 2.70. The Labute approximate surface area is 98.1 Å². The molecule has 2 rings (SSSR count). The van der Waals surface area contributed by atoms with Crippen molar-refractivity contribution in [2.45, 2.75) is 25.0 Å². The van der Waals surface area contributed by atoms with Crippen molar-refractivity contribution < 1.29 is 28.9 Å². The van der Waals surface area contributed by atoms with Crippen molar-refractivity contribution in [1.82, 2.24) is 0 Å². The maximum absolute atomic E-state index is 11.8. The monoisotopic (exact) mass is 242 g/mol. The number of allylic oxidation sites excluding steroid dienone is 1. The number of ether oxygens (including phenoxy) is 3. The maximum Gasteiger partial charge on any atom is 0.356 e. The van der Waals surface area contributed by atoms with Crippen LogP contribution in [0.1, 0.15) is 13.8 Å². The van der Waals surface area contributed by atoms with Crippen LogP contribution in [0.15, 0.2) is 11.3 Å². The molecule has 0 bridgehead atoms. The number of fused-ring (bicyclic) bond motifs is 1. The van der Waals surface area contributed by atoms with Gasteiger partial charge in [0.1, 0.15) is 12.4 Å². The first kappa shape index (κ1) is 12.1. The van der Waals surface area contributed by atoms with Crippen LogP contribution in [0.5, 0.6) is 0 Å². The maximum atomic E-state index is 11.8. The van der Waals surface area contributed by atoms with Crippen LogP contribution >= 0.6 is 0 Å². The Morgan fingerprint density at radius 2 is 2.06 bits per heavy atom. The summed E-state index contributed by atoms with van der Waals surface area (Å²) in [5, 5.41) is 10.6. The summed E-state index contributed by atoms with van der Waals surface area (Å²) in [5.41, 5.74) is -3.32. The normalized spacial score (nSPS) is 35.5. The van der Waals surface area contributed by atoms with Crippen LogP contribution in [0.25, 0.3) is 0 Å².